The van der Waals surface area contributed by atoms with Gasteiger partial charge in [-0.1, -0.05) is 78.3 Å². The number of para-hydroxylation sites is 1. The molecule has 2 atom stereocenters. The summed E-state index contributed by atoms with van der Waals surface area (Å²) in [5, 5.41) is 11.7. The number of hydrogen-bond donors (Lipinski definition) is 0. The van der Waals surface area contributed by atoms with Crippen LogP contribution in [-0.2, 0) is 15.0 Å². The standard InChI is InChI=1S/C31H20ClN3O4/c32-24-14-5-6-15-25(24)34-29(36)27-26-20-10-1-3-12-22(20)31(28(27)30(34)37,23-13-4-2-11-21(23)26)17-33-18-8-7-9-19(16-18)35(38)39/h1-17,26-28H/t26?,27-,28-,31?/m0/s1. The van der Waals surface area contributed by atoms with Crippen LogP contribution in [0, 0.1) is 22.0 Å². The highest BCUT2D eigenvalue weighted by molar-refractivity contribution is 6.36. The monoisotopic (exact) mass is 533 g/mol. The summed E-state index contributed by atoms with van der Waals surface area (Å²) in [4.78, 5) is 45.4. The van der Waals surface area contributed by atoms with E-state index < -0.39 is 22.2 Å². The molecule has 0 N–H and O–H groups in total. The molecule has 4 aromatic carbocycles. The molecule has 0 spiro atoms. The van der Waals surface area contributed by atoms with Gasteiger partial charge in [0, 0.05) is 24.3 Å². The average Bonchev–Trinajstić information content (AvgIpc) is 3.23. The van der Waals surface area contributed by atoms with Crippen LogP contribution in [0.1, 0.15) is 28.2 Å². The van der Waals surface area contributed by atoms with Gasteiger partial charge in [-0.25, -0.2) is 4.90 Å². The van der Waals surface area contributed by atoms with E-state index in [-0.39, 0.29) is 23.4 Å². The fraction of sp³-hybridized carbons (Fsp3) is 0.129. The summed E-state index contributed by atoms with van der Waals surface area (Å²) in [6, 6.07) is 28.6. The molecule has 2 bridgehead atoms. The minimum atomic E-state index is -1.07. The Morgan fingerprint density at radius 2 is 1.49 bits per heavy atom. The molecule has 39 heavy (non-hydrogen) atoms. The molecule has 1 heterocycles. The van der Waals surface area contributed by atoms with E-state index in [0.717, 1.165) is 22.3 Å². The highest BCUT2D eigenvalue weighted by Gasteiger charge is 2.68. The van der Waals surface area contributed by atoms with E-state index in [0.29, 0.717) is 16.4 Å². The Morgan fingerprint density at radius 1 is 0.846 bits per heavy atom. The summed E-state index contributed by atoms with van der Waals surface area (Å²) in [7, 11) is 0. The van der Waals surface area contributed by atoms with E-state index in [1.54, 1.807) is 42.6 Å². The van der Waals surface area contributed by atoms with Crippen molar-refractivity contribution in [1.29, 1.82) is 0 Å². The van der Waals surface area contributed by atoms with Crippen LogP contribution in [-0.4, -0.2) is 23.0 Å². The number of amides is 2. The van der Waals surface area contributed by atoms with E-state index in [9.17, 15) is 19.7 Å². The SMILES string of the molecule is O=C1[C@@H]2[C@@H](C(=O)N1c1ccccc1Cl)C1c3ccccc3C2(C=Nc2cccc([N+](=O)[O-])c2)c2ccccc21. The molecule has 1 saturated heterocycles. The lowest BCUT2D eigenvalue weighted by Crippen LogP contribution is -2.54. The maximum Gasteiger partial charge on any atom is 0.271 e. The molecule has 7 nitrogen and oxygen atoms in total. The number of hydrogen-bond acceptors (Lipinski definition) is 5. The van der Waals surface area contributed by atoms with E-state index in [1.165, 1.54) is 17.0 Å². The van der Waals surface area contributed by atoms with Crippen LogP contribution in [0.4, 0.5) is 17.1 Å². The van der Waals surface area contributed by atoms with Gasteiger partial charge in [0.1, 0.15) is 0 Å². The first kappa shape index (κ1) is 23.5. The van der Waals surface area contributed by atoms with Crippen molar-refractivity contribution in [2.75, 3.05) is 4.90 Å². The van der Waals surface area contributed by atoms with Crippen molar-refractivity contribution in [3.63, 3.8) is 0 Å². The second-order valence-corrected chi connectivity index (χ2v) is 10.4. The molecule has 4 aliphatic rings. The molecule has 0 radical (unpaired) electrons. The van der Waals surface area contributed by atoms with E-state index >= 15 is 0 Å². The lowest BCUT2D eigenvalue weighted by molar-refractivity contribution is -0.384. The van der Waals surface area contributed by atoms with Gasteiger partial charge >= 0.3 is 0 Å². The summed E-state index contributed by atoms with van der Waals surface area (Å²) >= 11 is 6.49. The molecule has 0 aromatic heterocycles. The number of carbonyl (C=O) groups is 2. The number of non-ortho nitro benzene ring substituents is 1. The van der Waals surface area contributed by atoms with E-state index in [4.69, 9.17) is 16.6 Å². The fourth-order valence-electron chi connectivity index (χ4n) is 6.78. The summed E-state index contributed by atoms with van der Waals surface area (Å²) in [6.07, 6.45) is 1.72. The zero-order chi connectivity index (χ0) is 26.9. The van der Waals surface area contributed by atoms with Crippen molar-refractivity contribution in [1.82, 2.24) is 0 Å². The third-order valence-corrected chi connectivity index (χ3v) is 8.55. The van der Waals surface area contributed by atoms with Gasteiger partial charge in [-0.3, -0.25) is 24.7 Å². The first-order valence-corrected chi connectivity index (χ1v) is 12.9. The average molecular weight is 534 g/mol. The Labute approximate surface area is 228 Å². The number of carbonyl (C=O) groups excluding carboxylic acids is 2. The van der Waals surface area contributed by atoms with Gasteiger partial charge in [-0.15, -0.1) is 0 Å². The largest absolute Gasteiger partial charge is 0.274 e. The van der Waals surface area contributed by atoms with Crippen LogP contribution in [0.3, 0.4) is 0 Å². The first-order valence-electron chi connectivity index (χ1n) is 12.5. The quantitative estimate of drug-likeness (QED) is 0.135. The molecule has 1 fully saturated rings. The predicted octanol–water partition coefficient (Wildman–Crippen LogP) is 6.20. The number of nitro benzene ring substituents is 1. The molecule has 2 amide bonds. The van der Waals surface area contributed by atoms with Gasteiger partial charge in [-0.2, -0.15) is 0 Å². The Hall–Kier alpha value is -4.62. The topological polar surface area (TPSA) is 92.9 Å². The fourth-order valence-corrected chi connectivity index (χ4v) is 7.00. The van der Waals surface area contributed by atoms with Crippen molar-refractivity contribution < 1.29 is 14.5 Å². The Bertz CT molecular complexity index is 1700. The number of anilines is 1. The van der Waals surface area contributed by atoms with Crippen molar-refractivity contribution in [2.24, 2.45) is 16.8 Å². The maximum absolute atomic E-state index is 14.4. The Balaban J connectivity index is 1.50. The highest BCUT2D eigenvalue weighted by Crippen LogP contribution is 2.64. The van der Waals surface area contributed by atoms with Gasteiger partial charge in [-0.05, 0) is 40.5 Å². The van der Waals surface area contributed by atoms with Gasteiger partial charge in [0.2, 0.25) is 11.8 Å². The molecule has 8 heteroatoms. The number of nitro groups is 1. The minimum absolute atomic E-state index is 0.0785. The lowest BCUT2D eigenvalue weighted by Gasteiger charge is -2.52. The second kappa shape index (κ2) is 8.44. The molecular weight excluding hydrogens is 514 g/mol. The number of imide groups is 1. The van der Waals surface area contributed by atoms with Crippen LogP contribution in [0.15, 0.2) is 102 Å². The number of benzene rings is 4. The Morgan fingerprint density at radius 3 is 2.15 bits per heavy atom. The van der Waals surface area contributed by atoms with Gasteiger partial charge in [0.05, 0.1) is 38.6 Å². The molecule has 8 rings (SSSR count). The molecule has 1 aliphatic heterocycles. The molecule has 3 aliphatic carbocycles. The van der Waals surface area contributed by atoms with Crippen molar-refractivity contribution >= 4 is 46.7 Å². The summed E-state index contributed by atoms with van der Waals surface area (Å²) in [6.45, 7) is 0. The van der Waals surface area contributed by atoms with Crippen molar-refractivity contribution in [3.8, 4) is 0 Å². The zero-order valence-electron chi connectivity index (χ0n) is 20.4. The normalized spacial score (nSPS) is 24.5. The molecule has 4 aromatic rings. The zero-order valence-corrected chi connectivity index (χ0v) is 21.2. The number of nitrogens with zero attached hydrogens (tertiary/aromatic N) is 3. The number of rotatable bonds is 4. The predicted molar refractivity (Wildman–Crippen MR) is 148 cm³/mol. The molecule has 0 saturated carbocycles. The Kier molecular flexibility index (Phi) is 5.09. The number of aliphatic imine (C=N–C) groups is 1. The van der Waals surface area contributed by atoms with Crippen LogP contribution in [0.2, 0.25) is 5.02 Å². The van der Waals surface area contributed by atoms with Crippen LogP contribution in [0.25, 0.3) is 0 Å². The summed E-state index contributed by atoms with van der Waals surface area (Å²) in [5.74, 6) is -2.36. The third kappa shape index (κ3) is 3.14. The highest BCUT2D eigenvalue weighted by atomic mass is 35.5. The third-order valence-electron chi connectivity index (χ3n) is 8.23. The summed E-state index contributed by atoms with van der Waals surface area (Å²) < 4.78 is 0. The van der Waals surface area contributed by atoms with Gasteiger partial charge < -0.3 is 0 Å². The van der Waals surface area contributed by atoms with Crippen LogP contribution >= 0.6 is 11.6 Å². The van der Waals surface area contributed by atoms with Crippen molar-refractivity contribution in [3.05, 3.63) is 134 Å². The van der Waals surface area contributed by atoms with Gasteiger partial charge in [0.15, 0.2) is 0 Å². The molecule has 0 unspecified atom stereocenters. The van der Waals surface area contributed by atoms with E-state index in [1.807, 2.05) is 48.5 Å². The van der Waals surface area contributed by atoms with Crippen LogP contribution < -0.4 is 4.90 Å². The van der Waals surface area contributed by atoms with Gasteiger partial charge in [0.25, 0.3) is 5.69 Å². The minimum Gasteiger partial charge on any atom is -0.274 e. The number of halogens is 1. The van der Waals surface area contributed by atoms with Crippen molar-refractivity contribution in [2.45, 2.75) is 11.3 Å². The van der Waals surface area contributed by atoms with E-state index in [2.05, 4.69) is 0 Å². The molecular formula is C31H20ClN3O4. The first-order chi connectivity index (χ1) is 18.9. The maximum atomic E-state index is 14.4. The smallest absolute Gasteiger partial charge is 0.271 e. The summed E-state index contributed by atoms with van der Waals surface area (Å²) in [5.41, 5.74) is 3.37. The lowest BCUT2D eigenvalue weighted by atomic mass is 9.47. The van der Waals surface area contributed by atoms with Crippen LogP contribution in [0.5, 0.6) is 0 Å². The second-order valence-electron chi connectivity index (χ2n) is 10.0. The molecule has 190 valence electrons.